The van der Waals surface area contributed by atoms with Crippen LogP contribution in [0.25, 0.3) is 0 Å². The Morgan fingerprint density at radius 2 is 2.00 bits per heavy atom. The van der Waals surface area contributed by atoms with E-state index in [2.05, 4.69) is 17.3 Å². The van der Waals surface area contributed by atoms with Gasteiger partial charge in [-0.1, -0.05) is 6.42 Å². The molecule has 0 aromatic heterocycles. The summed E-state index contributed by atoms with van der Waals surface area (Å²) in [7, 11) is 2.06. The van der Waals surface area contributed by atoms with Gasteiger partial charge in [-0.2, -0.15) is 0 Å². The number of nitrogens with one attached hydrogen (secondary N) is 1. The molecule has 116 valence electrons. The molecule has 1 aliphatic heterocycles. The summed E-state index contributed by atoms with van der Waals surface area (Å²) in [4.78, 5) is 26.7. The number of nitrogens with zero attached hydrogens (tertiary/aromatic N) is 2. The van der Waals surface area contributed by atoms with Crippen molar-refractivity contribution in [2.24, 2.45) is 0 Å². The number of aliphatic carboxylic acids is 1. The summed E-state index contributed by atoms with van der Waals surface area (Å²) in [6, 6.07) is 0.0400. The minimum atomic E-state index is -0.996. The first-order valence-electron chi connectivity index (χ1n) is 7.19. The van der Waals surface area contributed by atoms with Crippen LogP contribution in [0, 0.1) is 0 Å². The summed E-state index contributed by atoms with van der Waals surface area (Å²) in [5.74, 6) is -0.996. The first-order chi connectivity index (χ1) is 9.21. The van der Waals surface area contributed by atoms with Crippen LogP contribution in [0.5, 0.6) is 0 Å². The molecule has 0 aromatic carbocycles. The molecule has 0 radical (unpaired) electrons. The minimum absolute atomic E-state index is 0.282. The van der Waals surface area contributed by atoms with Crippen molar-refractivity contribution in [1.29, 1.82) is 0 Å². The zero-order chi connectivity index (χ0) is 15.3. The Hall–Kier alpha value is -1.30. The van der Waals surface area contributed by atoms with Gasteiger partial charge in [-0.3, -0.25) is 4.79 Å². The number of likely N-dealkylation sites (N-methyl/N-ethyl adjacent to an activating group) is 1. The zero-order valence-corrected chi connectivity index (χ0v) is 13.0. The molecule has 2 amide bonds. The van der Waals surface area contributed by atoms with Gasteiger partial charge < -0.3 is 20.2 Å². The molecule has 2 N–H and O–H groups in total. The van der Waals surface area contributed by atoms with Crippen LogP contribution in [0.3, 0.4) is 0 Å². The maximum Gasteiger partial charge on any atom is 0.323 e. The average molecular weight is 285 g/mol. The van der Waals surface area contributed by atoms with Crippen molar-refractivity contribution >= 4 is 12.0 Å². The third kappa shape index (κ3) is 5.00. The van der Waals surface area contributed by atoms with Gasteiger partial charge in [0, 0.05) is 18.1 Å². The van der Waals surface area contributed by atoms with Gasteiger partial charge in [0.05, 0.1) is 0 Å². The van der Waals surface area contributed by atoms with Crippen molar-refractivity contribution in [3.63, 3.8) is 0 Å². The van der Waals surface area contributed by atoms with Gasteiger partial charge in [0.1, 0.15) is 6.54 Å². The topological polar surface area (TPSA) is 72.9 Å². The standard InChI is InChI=1S/C14H27N3O3/c1-14(2,3)17(10-12(18)19)13(20)15-9-11-7-5-6-8-16(11)4/h11H,5-10H2,1-4H3,(H,15,20)(H,18,19). The van der Waals surface area contributed by atoms with Crippen LogP contribution < -0.4 is 5.32 Å². The van der Waals surface area contributed by atoms with Crippen LogP contribution in [0.2, 0.25) is 0 Å². The molecule has 1 fully saturated rings. The van der Waals surface area contributed by atoms with Crippen LogP contribution in [-0.2, 0) is 4.79 Å². The molecule has 1 rings (SSSR count). The van der Waals surface area contributed by atoms with Crippen molar-refractivity contribution in [3.8, 4) is 0 Å². The smallest absolute Gasteiger partial charge is 0.323 e. The Bertz CT molecular complexity index is 352. The fourth-order valence-corrected chi connectivity index (χ4v) is 2.45. The van der Waals surface area contributed by atoms with Crippen LogP contribution in [0.1, 0.15) is 40.0 Å². The molecule has 1 atom stereocenters. The Morgan fingerprint density at radius 1 is 1.35 bits per heavy atom. The Kier molecular flexibility index (Phi) is 5.80. The van der Waals surface area contributed by atoms with E-state index in [1.54, 1.807) is 0 Å². The average Bonchev–Trinajstić information content (AvgIpc) is 2.33. The van der Waals surface area contributed by atoms with E-state index in [1.807, 2.05) is 20.8 Å². The summed E-state index contributed by atoms with van der Waals surface area (Å²) in [5.41, 5.74) is -0.513. The molecular weight excluding hydrogens is 258 g/mol. The fourth-order valence-electron chi connectivity index (χ4n) is 2.45. The Morgan fingerprint density at radius 3 is 2.50 bits per heavy atom. The van der Waals surface area contributed by atoms with Crippen molar-refractivity contribution in [1.82, 2.24) is 15.1 Å². The SMILES string of the molecule is CN1CCCCC1CNC(=O)N(CC(=O)O)C(C)(C)C. The van der Waals surface area contributed by atoms with E-state index in [4.69, 9.17) is 5.11 Å². The number of urea groups is 1. The maximum atomic E-state index is 12.2. The largest absolute Gasteiger partial charge is 0.480 e. The molecule has 6 heteroatoms. The Labute approximate surface area is 121 Å². The summed E-state index contributed by atoms with van der Waals surface area (Å²) < 4.78 is 0. The number of carboxylic acids is 1. The zero-order valence-electron chi connectivity index (χ0n) is 13.0. The minimum Gasteiger partial charge on any atom is -0.480 e. The summed E-state index contributed by atoms with van der Waals surface area (Å²) >= 11 is 0. The second-order valence-electron chi connectivity index (χ2n) is 6.47. The Balaban J connectivity index is 2.55. The van der Waals surface area contributed by atoms with Crippen molar-refractivity contribution in [3.05, 3.63) is 0 Å². The molecule has 0 aliphatic carbocycles. The summed E-state index contributed by atoms with van der Waals surface area (Å²) in [6.45, 7) is 6.85. The number of hydrogen-bond donors (Lipinski definition) is 2. The van der Waals surface area contributed by atoms with Crippen molar-refractivity contribution in [2.75, 3.05) is 26.7 Å². The fraction of sp³-hybridized carbons (Fsp3) is 0.857. The van der Waals surface area contributed by atoms with Gasteiger partial charge in [0.15, 0.2) is 0 Å². The van der Waals surface area contributed by atoms with Gasteiger partial charge in [0.2, 0.25) is 0 Å². The molecule has 6 nitrogen and oxygen atoms in total. The number of hydrogen-bond acceptors (Lipinski definition) is 3. The highest BCUT2D eigenvalue weighted by Crippen LogP contribution is 2.15. The predicted molar refractivity (Wildman–Crippen MR) is 77.8 cm³/mol. The number of piperidine rings is 1. The molecular formula is C14H27N3O3. The third-order valence-electron chi connectivity index (χ3n) is 3.76. The van der Waals surface area contributed by atoms with E-state index in [0.717, 1.165) is 13.0 Å². The van der Waals surface area contributed by atoms with E-state index in [-0.39, 0.29) is 12.6 Å². The highest BCUT2D eigenvalue weighted by Gasteiger charge is 2.29. The maximum absolute atomic E-state index is 12.2. The van der Waals surface area contributed by atoms with E-state index in [9.17, 15) is 9.59 Å². The van der Waals surface area contributed by atoms with Crippen LogP contribution >= 0.6 is 0 Å². The van der Waals surface area contributed by atoms with Crippen LogP contribution in [-0.4, -0.2) is 65.2 Å². The molecule has 0 bridgehead atoms. The summed E-state index contributed by atoms with van der Waals surface area (Å²) in [5, 5.41) is 11.8. The van der Waals surface area contributed by atoms with Crippen LogP contribution in [0.4, 0.5) is 4.79 Å². The highest BCUT2D eigenvalue weighted by molar-refractivity contribution is 5.80. The number of carbonyl (C=O) groups excluding carboxylic acids is 1. The van der Waals surface area contributed by atoms with Gasteiger partial charge in [-0.15, -0.1) is 0 Å². The van der Waals surface area contributed by atoms with E-state index >= 15 is 0 Å². The lowest BCUT2D eigenvalue weighted by Crippen LogP contribution is -2.54. The van der Waals surface area contributed by atoms with Crippen LogP contribution in [0.15, 0.2) is 0 Å². The molecule has 1 saturated heterocycles. The highest BCUT2D eigenvalue weighted by atomic mass is 16.4. The number of carbonyl (C=O) groups is 2. The van der Waals surface area contributed by atoms with E-state index in [0.29, 0.717) is 12.6 Å². The van der Waals surface area contributed by atoms with E-state index in [1.165, 1.54) is 17.7 Å². The molecule has 0 saturated carbocycles. The molecule has 1 unspecified atom stereocenters. The number of carboxylic acid groups (broad SMARTS) is 1. The number of likely N-dealkylation sites (tertiary alicyclic amines) is 1. The second-order valence-corrected chi connectivity index (χ2v) is 6.47. The first-order valence-corrected chi connectivity index (χ1v) is 7.19. The van der Waals surface area contributed by atoms with Crippen molar-refractivity contribution < 1.29 is 14.7 Å². The molecule has 20 heavy (non-hydrogen) atoms. The van der Waals surface area contributed by atoms with E-state index < -0.39 is 11.5 Å². The van der Waals surface area contributed by atoms with Crippen molar-refractivity contribution in [2.45, 2.75) is 51.6 Å². The molecule has 0 aromatic rings. The third-order valence-corrected chi connectivity index (χ3v) is 3.76. The predicted octanol–water partition coefficient (Wildman–Crippen LogP) is 1.37. The molecule has 1 aliphatic rings. The van der Waals surface area contributed by atoms with Gasteiger partial charge in [0.25, 0.3) is 0 Å². The lowest BCUT2D eigenvalue weighted by Gasteiger charge is -2.36. The monoisotopic (exact) mass is 285 g/mol. The summed E-state index contributed by atoms with van der Waals surface area (Å²) in [6.07, 6.45) is 3.46. The van der Waals surface area contributed by atoms with Gasteiger partial charge in [-0.05, 0) is 47.2 Å². The number of rotatable bonds is 4. The quantitative estimate of drug-likeness (QED) is 0.818. The first kappa shape index (κ1) is 16.8. The lowest BCUT2D eigenvalue weighted by molar-refractivity contribution is -0.138. The number of amides is 2. The second kappa shape index (κ2) is 6.92. The molecule has 1 heterocycles. The molecule has 0 spiro atoms. The normalized spacial score (nSPS) is 20.5. The van der Waals surface area contributed by atoms with Gasteiger partial charge in [-0.25, -0.2) is 4.79 Å². The van der Waals surface area contributed by atoms with Gasteiger partial charge >= 0.3 is 12.0 Å². The lowest BCUT2D eigenvalue weighted by atomic mass is 10.0.